The molecule has 1 amide bonds. The van der Waals surface area contributed by atoms with Crippen LogP contribution in [0.1, 0.15) is 12.8 Å². The molecule has 0 spiro atoms. The molecule has 0 saturated carbocycles. The molecule has 0 aliphatic carbocycles. The summed E-state index contributed by atoms with van der Waals surface area (Å²) in [7, 11) is 0. The molecule has 0 N–H and O–H groups in total. The molecule has 1 rings (SSSR count). The Kier molecular flexibility index (Phi) is 3.13. The lowest BCUT2D eigenvalue weighted by atomic mass is 9.96. The summed E-state index contributed by atoms with van der Waals surface area (Å²) in [6.45, 7) is 0.0312. The van der Waals surface area contributed by atoms with Gasteiger partial charge in [-0.25, -0.2) is 0 Å². The van der Waals surface area contributed by atoms with E-state index in [1.165, 1.54) is 0 Å². The molecule has 0 aromatic heterocycles. The topological polar surface area (TPSA) is 37.4 Å². The highest BCUT2D eigenvalue weighted by molar-refractivity contribution is 6.23. The number of likely N-dealkylation sites (tertiary alicyclic amines) is 1. The molecule has 1 heterocycles. The lowest BCUT2D eigenvalue weighted by Crippen LogP contribution is -2.42. The molecule has 1 aliphatic rings. The third-order valence-corrected chi connectivity index (χ3v) is 2.37. The van der Waals surface area contributed by atoms with Gasteiger partial charge in [0, 0.05) is 13.1 Å². The fourth-order valence-electron chi connectivity index (χ4n) is 1.50. The predicted octanol–water partition coefficient (Wildman–Crippen LogP) is 0.986. The lowest BCUT2D eigenvalue weighted by Gasteiger charge is -2.31. The molecule has 1 fully saturated rings. The number of hydrogen-bond donors (Lipinski definition) is 0. The summed E-state index contributed by atoms with van der Waals surface area (Å²) >= 11 is 0. The number of aldehydes is 1. The zero-order valence-corrected chi connectivity index (χ0v) is 7.38. The van der Waals surface area contributed by atoms with E-state index in [-0.39, 0.29) is 32.2 Å². The summed E-state index contributed by atoms with van der Waals surface area (Å²) in [4.78, 5) is 22.0. The van der Waals surface area contributed by atoms with Crippen LogP contribution in [0.2, 0.25) is 0 Å². The van der Waals surface area contributed by atoms with Crippen molar-refractivity contribution >= 4 is 12.2 Å². The van der Waals surface area contributed by atoms with Crippen molar-refractivity contribution in [2.24, 2.45) is 5.92 Å². The fraction of sp³-hybridized carbons (Fsp3) is 0.750. The number of piperidine rings is 1. The van der Waals surface area contributed by atoms with Crippen LogP contribution in [-0.4, -0.2) is 36.4 Å². The Hall–Kier alpha value is -1.07. The van der Waals surface area contributed by atoms with Gasteiger partial charge in [-0.1, -0.05) is 0 Å². The molecule has 0 radical (unpaired) electrons. The van der Waals surface area contributed by atoms with Gasteiger partial charge in [-0.3, -0.25) is 9.59 Å². The van der Waals surface area contributed by atoms with E-state index < -0.39 is 18.0 Å². The van der Waals surface area contributed by atoms with Crippen molar-refractivity contribution in [2.45, 2.75) is 19.0 Å². The normalized spacial score (nSPS) is 19.5. The summed E-state index contributed by atoms with van der Waals surface area (Å²) in [5, 5.41) is 0. The Labute approximate surface area is 78.9 Å². The highest BCUT2D eigenvalue weighted by atomic mass is 19.4. The van der Waals surface area contributed by atoms with Crippen molar-refractivity contribution in [1.29, 1.82) is 0 Å². The van der Waals surface area contributed by atoms with Crippen LogP contribution in [-0.2, 0) is 9.59 Å². The first-order valence-corrected chi connectivity index (χ1v) is 4.26. The second-order valence-electron chi connectivity index (χ2n) is 3.26. The molecule has 1 aliphatic heterocycles. The van der Waals surface area contributed by atoms with Crippen LogP contribution in [0.5, 0.6) is 0 Å². The predicted molar refractivity (Wildman–Crippen MR) is 41.4 cm³/mol. The van der Waals surface area contributed by atoms with Gasteiger partial charge in [0.25, 0.3) is 5.91 Å². The Morgan fingerprint density at radius 1 is 1.29 bits per heavy atom. The van der Waals surface area contributed by atoms with Crippen LogP contribution in [0.25, 0.3) is 0 Å². The maximum Gasteiger partial charge on any atom is 0.391 e. The first-order chi connectivity index (χ1) is 6.45. The van der Waals surface area contributed by atoms with Crippen molar-refractivity contribution < 1.29 is 22.8 Å². The van der Waals surface area contributed by atoms with E-state index in [1.807, 2.05) is 0 Å². The quantitative estimate of drug-likeness (QED) is 0.477. The third kappa shape index (κ3) is 2.46. The number of halogens is 3. The summed E-state index contributed by atoms with van der Waals surface area (Å²) in [5.41, 5.74) is 0. The number of carbonyl (C=O) groups is 2. The van der Waals surface area contributed by atoms with Gasteiger partial charge >= 0.3 is 6.18 Å². The van der Waals surface area contributed by atoms with E-state index in [0.29, 0.717) is 0 Å². The van der Waals surface area contributed by atoms with E-state index in [2.05, 4.69) is 0 Å². The van der Waals surface area contributed by atoms with Gasteiger partial charge < -0.3 is 4.90 Å². The maximum atomic E-state index is 12.2. The minimum absolute atomic E-state index is 0.0156. The average molecular weight is 209 g/mol. The van der Waals surface area contributed by atoms with Crippen LogP contribution < -0.4 is 0 Å². The zero-order valence-electron chi connectivity index (χ0n) is 7.38. The van der Waals surface area contributed by atoms with Gasteiger partial charge in [0.1, 0.15) is 0 Å². The largest absolute Gasteiger partial charge is 0.391 e. The number of hydrogen-bond acceptors (Lipinski definition) is 2. The second-order valence-corrected chi connectivity index (χ2v) is 3.26. The highest BCUT2D eigenvalue weighted by Crippen LogP contribution is 2.33. The molecule has 1 saturated heterocycles. The smallest absolute Gasteiger partial charge is 0.336 e. The molecule has 0 aromatic rings. The molecular weight excluding hydrogens is 199 g/mol. The first kappa shape index (κ1) is 11.0. The minimum Gasteiger partial charge on any atom is -0.336 e. The van der Waals surface area contributed by atoms with E-state index in [4.69, 9.17) is 0 Å². The van der Waals surface area contributed by atoms with E-state index in [1.54, 1.807) is 0 Å². The SMILES string of the molecule is O=CC(=O)N1CCC(C(F)(F)F)CC1. The monoisotopic (exact) mass is 209 g/mol. The number of alkyl halides is 3. The summed E-state index contributed by atoms with van der Waals surface area (Å²) in [5.74, 6) is -2.07. The van der Waals surface area contributed by atoms with E-state index in [9.17, 15) is 22.8 Å². The Bertz CT molecular complexity index is 231. The van der Waals surface area contributed by atoms with Crippen LogP contribution in [0.4, 0.5) is 13.2 Å². The summed E-state index contributed by atoms with van der Waals surface area (Å²) < 4.78 is 36.5. The average Bonchev–Trinajstić information content (AvgIpc) is 2.15. The third-order valence-electron chi connectivity index (χ3n) is 2.37. The van der Waals surface area contributed by atoms with Gasteiger partial charge in [-0.15, -0.1) is 0 Å². The zero-order chi connectivity index (χ0) is 10.8. The maximum absolute atomic E-state index is 12.2. The summed E-state index contributed by atoms with van der Waals surface area (Å²) in [6, 6.07) is 0. The van der Waals surface area contributed by atoms with Gasteiger partial charge in [-0.05, 0) is 12.8 Å². The van der Waals surface area contributed by atoms with Gasteiger partial charge in [0.2, 0.25) is 6.29 Å². The molecule has 3 nitrogen and oxygen atoms in total. The highest BCUT2D eigenvalue weighted by Gasteiger charge is 2.41. The minimum atomic E-state index is -4.18. The Morgan fingerprint density at radius 2 is 1.79 bits per heavy atom. The number of carbonyl (C=O) groups excluding carboxylic acids is 2. The van der Waals surface area contributed by atoms with Gasteiger partial charge in [0.05, 0.1) is 5.92 Å². The van der Waals surface area contributed by atoms with Crippen LogP contribution >= 0.6 is 0 Å². The van der Waals surface area contributed by atoms with Crippen LogP contribution in [0.3, 0.4) is 0 Å². The molecule has 14 heavy (non-hydrogen) atoms. The second kappa shape index (κ2) is 3.98. The molecule has 0 bridgehead atoms. The first-order valence-electron chi connectivity index (χ1n) is 4.26. The standard InChI is InChI=1S/C8H10F3NO2/c9-8(10,11)6-1-3-12(4-2-6)7(14)5-13/h5-6H,1-4H2. The Balaban J connectivity index is 2.46. The van der Waals surface area contributed by atoms with E-state index >= 15 is 0 Å². The van der Waals surface area contributed by atoms with E-state index in [0.717, 1.165) is 4.90 Å². The van der Waals surface area contributed by atoms with Crippen molar-refractivity contribution in [1.82, 2.24) is 4.90 Å². The van der Waals surface area contributed by atoms with Crippen LogP contribution in [0, 0.1) is 5.92 Å². The number of nitrogens with zero attached hydrogens (tertiary/aromatic N) is 1. The van der Waals surface area contributed by atoms with Gasteiger partial charge in [-0.2, -0.15) is 13.2 Å². The number of amides is 1. The molecule has 0 aromatic carbocycles. The Morgan fingerprint density at radius 3 is 2.14 bits per heavy atom. The van der Waals surface area contributed by atoms with Crippen molar-refractivity contribution in [2.75, 3.05) is 13.1 Å². The molecule has 0 unspecified atom stereocenters. The van der Waals surface area contributed by atoms with Crippen molar-refractivity contribution in [3.63, 3.8) is 0 Å². The molecular formula is C8H10F3NO2. The molecule has 0 atom stereocenters. The van der Waals surface area contributed by atoms with Crippen LogP contribution in [0.15, 0.2) is 0 Å². The molecule has 6 heteroatoms. The number of rotatable bonds is 1. The van der Waals surface area contributed by atoms with Gasteiger partial charge in [0.15, 0.2) is 0 Å². The summed E-state index contributed by atoms with van der Waals surface area (Å²) in [6.07, 6.45) is -4.27. The van der Waals surface area contributed by atoms with Crippen molar-refractivity contribution in [3.05, 3.63) is 0 Å². The fourth-order valence-corrected chi connectivity index (χ4v) is 1.50. The lowest BCUT2D eigenvalue weighted by molar-refractivity contribution is -0.186. The molecule has 80 valence electrons. The van der Waals surface area contributed by atoms with Crippen molar-refractivity contribution in [3.8, 4) is 0 Å².